The molecule has 1 aliphatic carbocycles. The highest BCUT2D eigenvalue weighted by Crippen LogP contribution is 2.39. The Hall–Kier alpha value is -1.02. The van der Waals surface area contributed by atoms with Crippen LogP contribution in [0.1, 0.15) is 63.6 Å². The molecule has 0 aliphatic heterocycles. The fourth-order valence-corrected chi connectivity index (χ4v) is 3.57. The third-order valence-corrected chi connectivity index (χ3v) is 4.76. The van der Waals surface area contributed by atoms with E-state index in [4.69, 9.17) is 4.74 Å². The van der Waals surface area contributed by atoms with Gasteiger partial charge in [-0.05, 0) is 51.1 Å². The lowest BCUT2D eigenvalue weighted by molar-refractivity contribution is 0.228. The van der Waals surface area contributed by atoms with E-state index in [9.17, 15) is 0 Å². The zero-order valence-electron chi connectivity index (χ0n) is 14.1. The summed E-state index contributed by atoms with van der Waals surface area (Å²) in [6.07, 6.45) is 5.39. The van der Waals surface area contributed by atoms with E-state index in [1.807, 2.05) is 0 Å². The van der Waals surface area contributed by atoms with Crippen LogP contribution in [0, 0.1) is 18.8 Å². The zero-order chi connectivity index (χ0) is 15.2. The number of aryl methyl sites for hydroxylation is 1. The predicted octanol–water partition coefficient (Wildman–Crippen LogP) is 4.87. The molecule has 2 rings (SSSR count). The van der Waals surface area contributed by atoms with Crippen molar-refractivity contribution < 1.29 is 4.74 Å². The van der Waals surface area contributed by atoms with E-state index in [0.717, 1.165) is 30.7 Å². The molecular weight excluding hydrogens is 258 g/mol. The molecule has 0 saturated heterocycles. The molecule has 1 saturated carbocycles. The van der Waals surface area contributed by atoms with Gasteiger partial charge in [-0.15, -0.1) is 0 Å². The number of hydrogen-bond donors (Lipinski definition) is 1. The van der Waals surface area contributed by atoms with Crippen molar-refractivity contribution in [3.05, 3.63) is 29.3 Å². The molecule has 1 fully saturated rings. The van der Waals surface area contributed by atoms with Crippen LogP contribution in [0.4, 0.5) is 0 Å². The van der Waals surface area contributed by atoms with Gasteiger partial charge in [-0.3, -0.25) is 0 Å². The summed E-state index contributed by atoms with van der Waals surface area (Å²) in [5, 5.41) is 3.73. The maximum atomic E-state index is 5.89. The first-order valence-corrected chi connectivity index (χ1v) is 8.62. The monoisotopic (exact) mass is 289 g/mol. The third kappa shape index (κ3) is 4.23. The van der Waals surface area contributed by atoms with Gasteiger partial charge in [0.1, 0.15) is 5.75 Å². The third-order valence-electron chi connectivity index (χ3n) is 4.76. The van der Waals surface area contributed by atoms with Crippen molar-refractivity contribution in [2.24, 2.45) is 11.8 Å². The van der Waals surface area contributed by atoms with Gasteiger partial charge in [-0.2, -0.15) is 0 Å². The molecule has 2 heteroatoms. The first-order valence-electron chi connectivity index (χ1n) is 8.62. The van der Waals surface area contributed by atoms with Crippen molar-refractivity contribution in [3.8, 4) is 5.75 Å². The molecule has 0 amide bonds. The fourth-order valence-electron chi connectivity index (χ4n) is 3.57. The van der Waals surface area contributed by atoms with Crippen LogP contribution < -0.4 is 10.1 Å². The lowest BCUT2D eigenvalue weighted by Gasteiger charge is -2.34. The van der Waals surface area contributed by atoms with Crippen molar-refractivity contribution in [1.82, 2.24) is 5.32 Å². The molecule has 1 aromatic carbocycles. The highest BCUT2D eigenvalue weighted by Gasteiger charge is 2.28. The zero-order valence-corrected chi connectivity index (χ0v) is 14.1. The Morgan fingerprint density at radius 1 is 1.19 bits per heavy atom. The molecule has 1 aliphatic rings. The number of nitrogens with one attached hydrogen (secondary N) is 1. The molecule has 1 aromatic rings. The van der Waals surface area contributed by atoms with Crippen molar-refractivity contribution in [2.45, 2.75) is 59.4 Å². The minimum atomic E-state index is 0.434. The Balaban J connectivity index is 2.26. The number of hydrogen-bond acceptors (Lipinski definition) is 2. The van der Waals surface area contributed by atoms with Crippen LogP contribution >= 0.6 is 0 Å². The van der Waals surface area contributed by atoms with E-state index >= 15 is 0 Å². The number of rotatable bonds is 6. The Morgan fingerprint density at radius 2 is 1.90 bits per heavy atom. The van der Waals surface area contributed by atoms with Gasteiger partial charge in [-0.25, -0.2) is 0 Å². The van der Waals surface area contributed by atoms with E-state index in [2.05, 4.69) is 51.2 Å². The molecule has 1 unspecified atom stereocenters. The van der Waals surface area contributed by atoms with Gasteiger partial charge >= 0.3 is 0 Å². The quantitative estimate of drug-likeness (QED) is 0.806. The van der Waals surface area contributed by atoms with Crippen LogP contribution in [0.25, 0.3) is 0 Å². The van der Waals surface area contributed by atoms with Gasteiger partial charge in [-0.1, -0.05) is 44.4 Å². The summed E-state index contributed by atoms with van der Waals surface area (Å²) in [5.41, 5.74) is 2.68. The smallest absolute Gasteiger partial charge is 0.124 e. The van der Waals surface area contributed by atoms with Crippen molar-refractivity contribution in [1.29, 1.82) is 0 Å². The van der Waals surface area contributed by atoms with Crippen molar-refractivity contribution in [2.75, 3.05) is 13.2 Å². The Labute approximate surface area is 130 Å². The van der Waals surface area contributed by atoms with Crippen LogP contribution in [0.5, 0.6) is 5.75 Å². The van der Waals surface area contributed by atoms with Gasteiger partial charge in [0.2, 0.25) is 0 Å². The topological polar surface area (TPSA) is 21.3 Å². The highest BCUT2D eigenvalue weighted by atomic mass is 16.5. The summed E-state index contributed by atoms with van der Waals surface area (Å²) in [7, 11) is 0. The molecule has 0 heterocycles. The Morgan fingerprint density at radius 3 is 2.52 bits per heavy atom. The molecule has 2 nitrogen and oxygen atoms in total. The van der Waals surface area contributed by atoms with Crippen LogP contribution in [0.3, 0.4) is 0 Å². The van der Waals surface area contributed by atoms with Gasteiger partial charge < -0.3 is 10.1 Å². The van der Waals surface area contributed by atoms with Gasteiger partial charge in [0, 0.05) is 11.6 Å². The largest absolute Gasteiger partial charge is 0.494 e. The maximum Gasteiger partial charge on any atom is 0.124 e. The molecule has 1 N–H and O–H groups in total. The minimum Gasteiger partial charge on any atom is -0.494 e. The lowest BCUT2D eigenvalue weighted by Crippen LogP contribution is -2.31. The normalized spacial score (nSPS) is 23.8. The van der Waals surface area contributed by atoms with Crippen LogP contribution in [0.15, 0.2) is 18.2 Å². The second kappa shape index (κ2) is 7.84. The lowest BCUT2D eigenvalue weighted by atomic mass is 9.77. The molecule has 0 spiro atoms. The SMILES string of the molecule is CCNC(c1cc(C)ccc1OCC)C1CCC(C)CC1. The first-order chi connectivity index (χ1) is 10.2. The summed E-state index contributed by atoms with van der Waals surface area (Å²) in [5.74, 6) is 2.70. The van der Waals surface area contributed by atoms with E-state index in [-0.39, 0.29) is 0 Å². The molecule has 118 valence electrons. The standard InChI is InChI=1S/C19H31NO/c1-5-20-19(16-10-7-14(3)8-11-16)17-13-15(4)9-12-18(17)21-6-2/h9,12-14,16,19-20H,5-8,10-11H2,1-4H3. The number of benzene rings is 1. The summed E-state index contributed by atoms with van der Waals surface area (Å²) in [4.78, 5) is 0. The second-order valence-electron chi connectivity index (χ2n) is 6.53. The van der Waals surface area contributed by atoms with Gasteiger partial charge in [0.25, 0.3) is 0 Å². The molecule has 21 heavy (non-hydrogen) atoms. The van der Waals surface area contributed by atoms with Crippen LogP contribution in [-0.4, -0.2) is 13.2 Å². The first kappa shape index (κ1) is 16.4. The molecule has 0 radical (unpaired) electrons. The maximum absolute atomic E-state index is 5.89. The summed E-state index contributed by atoms with van der Waals surface area (Å²) in [6, 6.07) is 7.05. The fraction of sp³-hybridized carbons (Fsp3) is 0.684. The molecule has 1 atom stereocenters. The van der Waals surface area contributed by atoms with Gasteiger partial charge in [0.15, 0.2) is 0 Å². The predicted molar refractivity (Wildman–Crippen MR) is 89.9 cm³/mol. The van der Waals surface area contributed by atoms with E-state index in [0.29, 0.717) is 6.04 Å². The summed E-state index contributed by atoms with van der Waals surface area (Å²) >= 11 is 0. The van der Waals surface area contributed by atoms with Crippen molar-refractivity contribution >= 4 is 0 Å². The summed E-state index contributed by atoms with van der Waals surface area (Å²) in [6.45, 7) is 10.6. The van der Waals surface area contributed by atoms with E-state index < -0.39 is 0 Å². The Kier molecular flexibility index (Phi) is 6.10. The summed E-state index contributed by atoms with van der Waals surface area (Å²) < 4.78 is 5.89. The van der Waals surface area contributed by atoms with Gasteiger partial charge in [0.05, 0.1) is 6.61 Å². The molecular formula is C19H31NO. The van der Waals surface area contributed by atoms with Crippen molar-refractivity contribution in [3.63, 3.8) is 0 Å². The molecule has 0 bridgehead atoms. The van der Waals surface area contributed by atoms with E-state index in [1.54, 1.807) is 0 Å². The highest BCUT2D eigenvalue weighted by molar-refractivity contribution is 5.39. The number of ether oxygens (including phenoxy) is 1. The second-order valence-corrected chi connectivity index (χ2v) is 6.53. The average Bonchev–Trinajstić information content (AvgIpc) is 2.48. The average molecular weight is 289 g/mol. The molecule has 0 aromatic heterocycles. The Bertz CT molecular complexity index is 435. The van der Waals surface area contributed by atoms with Crippen LogP contribution in [0.2, 0.25) is 0 Å². The van der Waals surface area contributed by atoms with Crippen LogP contribution in [-0.2, 0) is 0 Å². The van der Waals surface area contributed by atoms with E-state index in [1.165, 1.54) is 36.8 Å². The minimum absolute atomic E-state index is 0.434.